The van der Waals surface area contributed by atoms with Gasteiger partial charge in [0.2, 0.25) is 5.91 Å². The highest BCUT2D eigenvalue weighted by atomic mass is 16.1. The van der Waals surface area contributed by atoms with Crippen LogP contribution in [0.2, 0.25) is 0 Å². The molecule has 1 aromatic carbocycles. The van der Waals surface area contributed by atoms with Crippen molar-refractivity contribution in [3.63, 3.8) is 0 Å². The second kappa shape index (κ2) is 9.56. The Morgan fingerprint density at radius 1 is 1.21 bits per heavy atom. The quantitative estimate of drug-likeness (QED) is 0.672. The molecule has 0 bridgehead atoms. The number of nitrogens with two attached hydrogens (primary N) is 1. The number of hydrogen-bond donors (Lipinski definition) is 2. The fourth-order valence-corrected chi connectivity index (χ4v) is 2.09. The summed E-state index contributed by atoms with van der Waals surface area (Å²) in [5, 5.41) is 2.99. The number of rotatable bonds is 9. The van der Waals surface area contributed by atoms with Crippen molar-refractivity contribution in [3.8, 4) is 0 Å². The summed E-state index contributed by atoms with van der Waals surface area (Å²) in [6.07, 6.45) is 5.41. The molecule has 3 nitrogen and oxygen atoms in total. The minimum absolute atomic E-state index is 0.0860. The number of carbonyl (C=O) groups excluding carboxylic acids is 1. The summed E-state index contributed by atoms with van der Waals surface area (Å²) in [6, 6.07) is 10.0. The Bertz CT molecular complexity index is 351. The number of carbonyl (C=O) groups is 1. The maximum Gasteiger partial charge on any atom is 0.224 e. The van der Waals surface area contributed by atoms with Gasteiger partial charge in [-0.05, 0) is 18.4 Å². The van der Waals surface area contributed by atoms with E-state index in [1.165, 1.54) is 24.8 Å². The van der Waals surface area contributed by atoms with Crippen molar-refractivity contribution in [1.82, 2.24) is 5.32 Å². The van der Waals surface area contributed by atoms with Crippen molar-refractivity contribution < 1.29 is 4.79 Å². The zero-order valence-electron chi connectivity index (χ0n) is 11.9. The molecular weight excluding hydrogens is 236 g/mol. The molecule has 3 heteroatoms. The molecule has 0 spiro atoms. The van der Waals surface area contributed by atoms with Gasteiger partial charge in [-0.15, -0.1) is 0 Å². The summed E-state index contributed by atoms with van der Waals surface area (Å²) in [5.41, 5.74) is 6.88. The summed E-state index contributed by atoms with van der Waals surface area (Å²) < 4.78 is 0. The highest BCUT2D eigenvalue weighted by Crippen LogP contribution is 2.08. The zero-order chi connectivity index (χ0) is 13.9. The number of unbranched alkanes of at least 4 members (excludes halogenated alkanes) is 3. The third-order valence-corrected chi connectivity index (χ3v) is 3.31. The van der Waals surface area contributed by atoms with Gasteiger partial charge in [-0.25, -0.2) is 0 Å². The van der Waals surface area contributed by atoms with Crippen molar-refractivity contribution in [2.45, 2.75) is 39.0 Å². The molecule has 3 N–H and O–H groups in total. The second-order valence-electron chi connectivity index (χ2n) is 4.97. The van der Waals surface area contributed by atoms with Crippen LogP contribution in [0.5, 0.6) is 0 Å². The summed E-state index contributed by atoms with van der Waals surface area (Å²) >= 11 is 0. The normalized spacial score (nSPS) is 12.1. The van der Waals surface area contributed by atoms with Crippen LogP contribution in [0, 0.1) is 5.92 Å². The first kappa shape index (κ1) is 15.7. The van der Waals surface area contributed by atoms with E-state index >= 15 is 0 Å². The monoisotopic (exact) mass is 262 g/mol. The summed E-state index contributed by atoms with van der Waals surface area (Å²) in [4.78, 5) is 12.0. The fourth-order valence-electron chi connectivity index (χ4n) is 2.09. The van der Waals surface area contributed by atoms with E-state index in [1.54, 1.807) is 0 Å². The molecule has 0 heterocycles. The highest BCUT2D eigenvalue weighted by Gasteiger charge is 2.16. The van der Waals surface area contributed by atoms with Gasteiger partial charge < -0.3 is 11.1 Å². The van der Waals surface area contributed by atoms with E-state index in [0.29, 0.717) is 6.54 Å². The van der Waals surface area contributed by atoms with Crippen LogP contribution >= 0.6 is 0 Å². The summed E-state index contributed by atoms with van der Waals surface area (Å²) in [5.74, 6) is -0.0311. The average Bonchev–Trinajstić information content (AvgIpc) is 2.45. The third-order valence-electron chi connectivity index (χ3n) is 3.31. The molecule has 0 saturated heterocycles. The molecule has 1 rings (SSSR count). The Labute approximate surface area is 116 Å². The maximum absolute atomic E-state index is 12.0. The van der Waals surface area contributed by atoms with Gasteiger partial charge in [-0.1, -0.05) is 56.5 Å². The molecule has 0 saturated carbocycles. The van der Waals surface area contributed by atoms with Gasteiger partial charge in [0.25, 0.3) is 0 Å². The molecule has 1 aromatic rings. The molecule has 0 aliphatic carbocycles. The number of hydrogen-bond acceptors (Lipinski definition) is 2. The van der Waals surface area contributed by atoms with Gasteiger partial charge in [-0.3, -0.25) is 4.79 Å². The standard InChI is InChI=1S/C16H26N2O/c1-2-3-4-8-11-18-16(19)15(13-17)12-14-9-6-5-7-10-14/h5-7,9-10,15H,2-4,8,11-13,17H2,1H3,(H,18,19). The molecule has 1 unspecified atom stereocenters. The van der Waals surface area contributed by atoms with Gasteiger partial charge in [-0.2, -0.15) is 0 Å². The van der Waals surface area contributed by atoms with Crippen molar-refractivity contribution in [2.75, 3.05) is 13.1 Å². The van der Waals surface area contributed by atoms with Gasteiger partial charge in [0.1, 0.15) is 0 Å². The topological polar surface area (TPSA) is 55.1 Å². The molecular formula is C16H26N2O. The van der Waals surface area contributed by atoms with Crippen molar-refractivity contribution in [3.05, 3.63) is 35.9 Å². The predicted molar refractivity (Wildman–Crippen MR) is 79.8 cm³/mol. The lowest BCUT2D eigenvalue weighted by Crippen LogP contribution is -2.36. The molecule has 0 radical (unpaired) electrons. The smallest absolute Gasteiger partial charge is 0.224 e. The molecule has 0 aliphatic heterocycles. The van der Waals surface area contributed by atoms with Crippen LogP contribution in [-0.4, -0.2) is 19.0 Å². The Morgan fingerprint density at radius 2 is 1.95 bits per heavy atom. The van der Waals surface area contributed by atoms with E-state index in [2.05, 4.69) is 12.2 Å². The van der Waals surface area contributed by atoms with Crippen LogP contribution in [0.3, 0.4) is 0 Å². The minimum Gasteiger partial charge on any atom is -0.356 e. The number of amides is 1. The van der Waals surface area contributed by atoms with Gasteiger partial charge in [0, 0.05) is 13.1 Å². The number of benzene rings is 1. The first-order valence-corrected chi connectivity index (χ1v) is 7.29. The van der Waals surface area contributed by atoms with Crippen molar-refractivity contribution in [1.29, 1.82) is 0 Å². The van der Waals surface area contributed by atoms with Crippen LogP contribution in [0.1, 0.15) is 38.2 Å². The molecule has 19 heavy (non-hydrogen) atoms. The maximum atomic E-state index is 12.0. The third kappa shape index (κ3) is 6.39. The van der Waals surface area contributed by atoms with E-state index in [4.69, 9.17) is 5.73 Å². The molecule has 0 aliphatic rings. The molecule has 1 atom stereocenters. The van der Waals surface area contributed by atoms with Gasteiger partial charge >= 0.3 is 0 Å². The Hall–Kier alpha value is -1.35. The molecule has 0 aromatic heterocycles. The van der Waals surface area contributed by atoms with E-state index in [-0.39, 0.29) is 11.8 Å². The Kier molecular flexibility index (Phi) is 7.91. The van der Waals surface area contributed by atoms with Crippen LogP contribution in [0.25, 0.3) is 0 Å². The predicted octanol–water partition coefficient (Wildman–Crippen LogP) is 2.50. The van der Waals surface area contributed by atoms with Crippen LogP contribution in [0.15, 0.2) is 30.3 Å². The SMILES string of the molecule is CCCCCCNC(=O)C(CN)Cc1ccccc1. The molecule has 106 valence electrons. The van der Waals surface area contributed by atoms with E-state index < -0.39 is 0 Å². The van der Waals surface area contributed by atoms with E-state index in [1.807, 2.05) is 30.3 Å². The van der Waals surface area contributed by atoms with Gasteiger partial charge in [0.05, 0.1) is 5.92 Å². The van der Waals surface area contributed by atoms with Crippen LogP contribution in [-0.2, 0) is 11.2 Å². The lowest BCUT2D eigenvalue weighted by atomic mass is 9.98. The number of nitrogens with one attached hydrogen (secondary N) is 1. The Balaban J connectivity index is 2.31. The van der Waals surface area contributed by atoms with Crippen molar-refractivity contribution >= 4 is 5.91 Å². The lowest BCUT2D eigenvalue weighted by Gasteiger charge is -2.15. The minimum atomic E-state index is -0.117. The average molecular weight is 262 g/mol. The van der Waals surface area contributed by atoms with E-state index in [9.17, 15) is 4.79 Å². The van der Waals surface area contributed by atoms with Crippen LogP contribution < -0.4 is 11.1 Å². The lowest BCUT2D eigenvalue weighted by molar-refractivity contribution is -0.124. The summed E-state index contributed by atoms with van der Waals surface area (Å²) in [7, 11) is 0. The second-order valence-corrected chi connectivity index (χ2v) is 4.97. The van der Waals surface area contributed by atoms with Crippen LogP contribution in [0.4, 0.5) is 0 Å². The highest BCUT2D eigenvalue weighted by molar-refractivity contribution is 5.79. The van der Waals surface area contributed by atoms with Gasteiger partial charge in [0.15, 0.2) is 0 Å². The first-order chi connectivity index (χ1) is 9.27. The fraction of sp³-hybridized carbons (Fsp3) is 0.562. The largest absolute Gasteiger partial charge is 0.356 e. The van der Waals surface area contributed by atoms with E-state index in [0.717, 1.165) is 19.4 Å². The zero-order valence-corrected chi connectivity index (χ0v) is 11.9. The Morgan fingerprint density at radius 3 is 2.58 bits per heavy atom. The molecule has 0 fully saturated rings. The summed E-state index contributed by atoms with van der Waals surface area (Å²) in [6.45, 7) is 3.35. The molecule has 1 amide bonds. The van der Waals surface area contributed by atoms with Crippen molar-refractivity contribution in [2.24, 2.45) is 11.7 Å². The first-order valence-electron chi connectivity index (χ1n) is 7.29.